The van der Waals surface area contributed by atoms with Gasteiger partial charge in [-0.15, -0.1) is 5.10 Å². The van der Waals surface area contributed by atoms with Crippen LogP contribution in [0.4, 0.5) is 5.00 Å². The van der Waals surface area contributed by atoms with Crippen molar-refractivity contribution in [3.63, 3.8) is 0 Å². The molecule has 1 fully saturated rings. The van der Waals surface area contributed by atoms with E-state index in [1.165, 1.54) is 56.7 Å². The molecule has 5 heteroatoms. The van der Waals surface area contributed by atoms with Crippen LogP contribution in [0.5, 0.6) is 0 Å². The number of hydrogen-bond donors (Lipinski definition) is 1. The predicted octanol–water partition coefficient (Wildman–Crippen LogP) is 2.35. The fourth-order valence-electron chi connectivity index (χ4n) is 2.18. The van der Waals surface area contributed by atoms with Gasteiger partial charge in [-0.05, 0) is 25.9 Å². The molecule has 2 heterocycles. The van der Waals surface area contributed by atoms with E-state index in [0.717, 1.165) is 17.2 Å². The second-order valence-electron chi connectivity index (χ2n) is 4.34. The summed E-state index contributed by atoms with van der Waals surface area (Å²) >= 11 is 1.45. The zero-order valence-corrected chi connectivity index (χ0v) is 10.7. The van der Waals surface area contributed by atoms with Crippen molar-refractivity contribution in [3.05, 3.63) is 5.69 Å². The van der Waals surface area contributed by atoms with Gasteiger partial charge in [-0.3, -0.25) is 4.90 Å². The summed E-state index contributed by atoms with van der Waals surface area (Å²) < 4.78 is 4.00. The van der Waals surface area contributed by atoms with E-state index in [2.05, 4.69) is 19.8 Å². The van der Waals surface area contributed by atoms with Crippen LogP contribution in [0.15, 0.2) is 0 Å². The summed E-state index contributed by atoms with van der Waals surface area (Å²) in [7, 11) is 1.94. The van der Waals surface area contributed by atoms with Gasteiger partial charge in [0.1, 0.15) is 10.7 Å². The number of rotatable bonds is 3. The highest BCUT2D eigenvalue weighted by molar-refractivity contribution is 7.10. The Labute approximate surface area is 101 Å². The van der Waals surface area contributed by atoms with Gasteiger partial charge in [0, 0.05) is 25.1 Å². The van der Waals surface area contributed by atoms with Crippen LogP contribution in [0.25, 0.3) is 0 Å². The normalized spacial score (nSPS) is 19.1. The summed E-state index contributed by atoms with van der Waals surface area (Å²) in [6, 6.07) is 0. The van der Waals surface area contributed by atoms with Crippen molar-refractivity contribution in [2.24, 2.45) is 0 Å². The molecule has 1 aliphatic heterocycles. The molecule has 0 saturated carbocycles. The zero-order chi connectivity index (χ0) is 11.2. The third-order valence-electron chi connectivity index (χ3n) is 3.10. The van der Waals surface area contributed by atoms with Crippen LogP contribution in [0.2, 0.25) is 0 Å². The van der Waals surface area contributed by atoms with Crippen LogP contribution >= 0.6 is 11.5 Å². The predicted molar refractivity (Wildman–Crippen MR) is 67.8 cm³/mol. The maximum absolute atomic E-state index is 4.20. The summed E-state index contributed by atoms with van der Waals surface area (Å²) in [6.07, 6.45) is 6.82. The molecule has 90 valence electrons. The van der Waals surface area contributed by atoms with Crippen molar-refractivity contribution in [2.75, 3.05) is 25.5 Å². The lowest BCUT2D eigenvalue weighted by atomic mass is 10.1. The van der Waals surface area contributed by atoms with Crippen molar-refractivity contribution < 1.29 is 0 Å². The summed E-state index contributed by atoms with van der Waals surface area (Å²) in [4.78, 5) is 2.51. The van der Waals surface area contributed by atoms with Gasteiger partial charge in [0.2, 0.25) is 0 Å². The van der Waals surface area contributed by atoms with Gasteiger partial charge < -0.3 is 5.32 Å². The molecule has 0 radical (unpaired) electrons. The molecule has 4 nitrogen and oxygen atoms in total. The third-order valence-corrected chi connectivity index (χ3v) is 3.89. The van der Waals surface area contributed by atoms with Crippen molar-refractivity contribution in [3.8, 4) is 0 Å². The highest BCUT2D eigenvalue weighted by atomic mass is 32.1. The van der Waals surface area contributed by atoms with E-state index in [1.807, 2.05) is 7.05 Å². The van der Waals surface area contributed by atoms with E-state index in [4.69, 9.17) is 0 Å². The van der Waals surface area contributed by atoms with Crippen LogP contribution in [-0.2, 0) is 6.54 Å². The topological polar surface area (TPSA) is 41.1 Å². The first-order chi connectivity index (χ1) is 7.90. The molecule has 1 N–H and O–H groups in total. The first-order valence-corrected chi connectivity index (χ1v) is 6.89. The quantitative estimate of drug-likeness (QED) is 0.880. The van der Waals surface area contributed by atoms with Crippen LogP contribution in [0, 0.1) is 0 Å². The molecule has 0 amide bonds. The second kappa shape index (κ2) is 6.15. The number of aromatic nitrogens is 2. The Hall–Kier alpha value is -0.680. The molecule has 1 saturated heterocycles. The average molecular weight is 240 g/mol. The maximum atomic E-state index is 4.20. The SMILES string of the molecule is CNc1snnc1CN1CCCCCCC1. The molecule has 0 atom stereocenters. The number of nitrogens with one attached hydrogen (secondary N) is 1. The van der Waals surface area contributed by atoms with E-state index in [9.17, 15) is 0 Å². The van der Waals surface area contributed by atoms with E-state index < -0.39 is 0 Å². The smallest absolute Gasteiger partial charge is 0.134 e. The standard InChI is InChI=1S/C11H20N4S/c1-12-11-10(13-14-16-11)9-15-7-5-3-2-4-6-8-15/h12H,2-9H2,1H3. The van der Waals surface area contributed by atoms with Gasteiger partial charge >= 0.3 is 0 Å². The molecule has 0 aromatic carbocycles. The minimum Gasteiger partial charge on any atom is -0.377 e. The fraction of sp³-hybridized carbons (Fsp3) is 0.818. The van der Waals surface area contributed by atoms with Gasteiger partial charge in [-0.25, -0.2) is 0 Å². The van der Waals surface area contributed by atoms with E-state index in [-0.39, 0.29) is 0 Å². The summed E-state index contributed by atoms with van der Waals surface area (Å²) in [6.45, 7) is 3.37. The van der Waals surface area contributed by atoms with Crippen LogP contribution in [-0.4, -0.2) is 34.6 Å². The van der Waals surface area contributed by atoms with Crippen molar-refractivity contribution in [1.82, 2.24) is 14.5 Å². The maximum Gasteiger partial charge on any atom is 0.134 e. The van der Waals surface area contributed by atoms with E-state index in [0.29, 0.717) is 0 Å². The van der Waals surface area contributed by atoms with Crippen LogP contribution in [0.1, 0.15) is 37.8 Å². The van der Waals surface area contributed by atoms with Gasteiger partial charge in [0.25, 0.3) is 0 Å². The minimum atomic E-state index is 0.951. The molecule has 1 aromatic rings. The highest BCUT2D eigenvalue weighted by Crippen LogP contribution is 2.20. The molecular weight excluding hydrogens is 220 g/mol. The number of hydrogen-bond acceptors (Lipinski definition) is 5. The second-order valence-corrected chi connectivity index (χ2v) is 5.10. The molecule has 2 rings (SSSR count). The van der Waals surface area contributed by atoms with Gasteiger partial charge in [-0.2, -0.15) is 0 Å². The van der Waals surface area contributed by atoms with Crippen LogP contribution < -0.4 is 5.32 Å². The Morgan fingerprint density at radius 3 is 2.56 bits per heavy atom. The van der Waals surface area contributed by atoms with E-state index in [1.54, 1.807) is 0 Å². The molecule has 0 aliphatic carbocycles. The Kier molecular flexibility index (Phi) is 4.54. The third kappa shape index (κ3) is 3.15. The largest absolute Gasteiger partial charge is 0.377 e. The first-order valence-electron chi connectivity index (χ1n) is 6.11. The number of anilines is 1. The Morgan fingerprint density at radius 1 is 1.19 bits per heavy atom. The van der Waals surface area contributed by atoms with Crippen molar-refractivity contribution >= 4 is 16.5 Å². The summed E-state index contributed by atoms with van der Waals surface area (Å²) in [5.74, 6) is 0. The Balaban J connectivity index is 1.91. The lowest BCUT2D eigenvalue weighted by molar-refractivity contribution is 0.237. The molecular formula is C11H20N4S. The Morgan fingerprint density at radius 2 is 1.88 bits per heavy atom. The van der Waals surface area contributed by atoms with Crippen LogP contribution in [0.3, 0.4) is 0 Å². The lowest BCUT2D eigenvalue weighted by Gasteiger charge is -2.23. The lowest BCUT2D eigenvalue weighted by Crippen LogP contribution is -2.27. The molecule has 1 aromatic heterocycles. The molecule has 16 heavy (non-hydrogen) atoms. The van der Waals surface area contributed by atoms with Crippen molar-refractivity contribution in [1.29, 1.82) is 0 Å². The van der Waals surface area contributed by atoms with Crippen molar-refractivity contribution in [2.45, 2.75) is 38.6 Å². The van der Waals surface area contributed by atoms with Gasteiger partial charge in [0.15, 0.2) is 0 Å². The van der Waals surface area contributed by atoms with Gasteiger partial charge in [0.05, 0.1) is 0 Å². The fourth-order valence-corrected chi connectivity index (χ4v) is 2.71. The highest BCUT2D eigenvalue weighted by Gasteiger charge is 2.13. The Bertz CT molecular complexity index is 305. The average Bonchev–Trinajstić information content (AvgIpc) is 2.69. The summed E-state index contributed by atoms with van der Waals surface area (Å²) in [5, 5.41) is 8.47. The minimum absolute atomic E-state index is 0.951. The number of likely N-dealkylation sites (tertiary alicyclic amines) is 1. The van der Waals surface area contributed by atoms with Gasteiger partial charge in [-0.1, -0.05) is 23.8 Å². The monoisotopic (exact) mass is 240 g/mol. The molecule has 0 spiro atoms. The summed E-state index contributed by atoms with van der Waals surface area (Å²) in [5.41, 5.74) is 1.10. The van der Waals surface area contributed by atoms with E-state index >= 15 is 0 Å². The number of nitrogens with zero attached hydrogens (tertiary/aromatic N) is 3. The zero-order valence-electron chi connectivity index (χ0n) is 9.91. The first kappa shape index (κ1) is 11.8. The molecule has 0 unspecified atom stereocenters. The molecule has 1 aliphatic rings. The molecule has 0 bridgehead atoms.